The number of thioether (sulfide) groups is 1. The highest BCUT2D eigenvalue weighted by atomic mass is 32.2. The lowest BCUT2D eigenvalue weighted by Gasteiger charge is -2.00. The number of benzene rings is 2. The van der Waals surface area contributed by atoms with Crippen molar-refractivity contribution >= 4 is 11.8 Å². The molecule has 0 aliphatic rings. The molecular weight excluding hydrogens is 274 g/mol. The molecule has 0 N–H and O–H groups in total. The van der Waals surface area contributed by atoms with Gasteiger partial charge in [-0.15, -0.1) is 11.8 Å². The monoisotopic (exact) mass is 291 g/mol. The van der Waals surface area contributed by atoms with Crippen LogP contribution in [0, 0.1) is 23.2 Å². The average Bonchev–Trinajstić information content (AvgIpc) is 2.55. The van der Waals surface area contributed by atoms with Crippen molar-refractivity contribution in [2.45, 2.75) is 24.7 Å². The SMILES string of the molecule is CCCCSc1ccc(C#Cc2ccc(C#N)cc2)cc1. The van der Waals surface area contributed by atoms with Gasteiger partial charge in [0.1, 0.15) is 0 Å². The zero-order valence-electron chi connectivity index (χ0n) is 12.1. The van der Waals surface area contributed by atoms with Gasteiger partial charge in [0.25, 0.3) is 0 Å². The largest absolute Gasteiger partial charge is 0.192 e. The first kappa shape index (κ1) is 15.2. The summed E-state index contributed by atoms with van der Waals surface area (Å²) < 4.78 is 0. The number of hydrogen-bond acceptors (Lipinski definition) is 2. The maximum absolute atomic E-state index is 8.75. The van der Waals surface area contributed by atoms with Gasteiger partial charge in [-0.2, -0.15) is 5.26 Å². The molecule has 0 amide bonds. The minimum absolute atomic E-state index is 0.661. The van der Waals surface area contributed by atoms with Crippen LogP contribution in [0.15, 0.2) is 53.4 Å². The standard InChI is InChI=1S/C19H17NS/c1-2-3-14-21-19-12-10-17(11-13-19)5-4-16-6-8-18(15-20)9-7-16/h6-13H,2-3,14H2,1H3. The second-order valence-electron chi connectivity index (χ2n) is 4.67. The topological polar surface area (TPSA) is 23.8 Å². The van der Waals surface area contributed by atoms with Gasteiger partial charge >= 0.3 is 0 Å². The maximum Gasteiger partial charge on any atom is 0.0991 e. The van der Waals surface area contributed by atoms with Crippen molar-refractivity contribution in [3.63, 3.8) is 0 Å². The summed E-state index contributed by atoms with van der Waals surface area (Å²) in [6.07, 6.45) is 2.49. The second-order valence-corrected chi connectivity index (χ2v) is 5.83. The van der Waals surface area contributed by atoms with Gasteiger partial charge in [-0.1, -0.05) is 25.2 Å². The molecule has 0 bridgehead atoms. The van der Waals surface area contributed by atoms with E-state index in [1.54, 1.807) is 12.1 Å². The quantitative estimate of drug-likeness (QED) is 0.457. The van der Waals surface area contributed by atoms with E-state index in [-0.39, 0.29) is 0 Å². The molecule has 0 aliphatic heterocycles. The van der Waals surface area contributed by atoms with Crippen molar-refractivity contribution in [2.75, 3.05) is 5.75 Å². The number of unbranched alkanes of at least 4 members (excludes halogenated alkanes) is 1. The summed E-state index contributed by atoms with van der Waals surface area (Å²) in [6, 6.07) is 17.8. The molecule has 21 heavy (non-hydrogen) atoms. The van der Waals surface area contributed by atoms with Gasteiger partial charge in [0.15, 0.2) is 0 Å². The molecular formula is C19H17NS. The molecule has 1 nitrogen and oxygen atoms in total. The fourth-order valence-corrected chi connectivity index (χ4v) is 2.74. The normalized spacial score (nSPS) is 9.52. The highest BCUT2D eigenvalue weighted by Gasteiger charge is 1.94. The van der Waals surface area contributed by atoms with Crippen LogP contribution in [0.2, 0.25) is 0 Å². The highest BCUT2D eigenvalue weighted by Crippen LogP contribution is 2.19. The van der Waals surface area contributed by atoms with E-state index in [1.165, 1.54) is 23.5 Å². The third kappa shape index (κ3) is 5.03. The summed E-state index contributed by atoms with van der Waals surface area (Å²) in [5, 5.41) is 8.75. The van der Waals surface area contributed by atoms with Gasteiger partial charge in [0.05, 0.1) is 11.6 Å². The Hall–Kier alpha value is -2.16. The summed E-state index contributed by atoms with van der Waals surface area (Å²) in [5.74, 6) is 7.44. The number of hydrogen-bond donors (Lipinski definition) is 0. The zero-order chi connectivity index (χ0) is 14.9. The minimum atomic E-state index is 0.661. The molecule has 0 spiro atoms. The lowest BCUT2D eigenvalue weighted by molar-refractivity contribution is 0.896. The van der Waals surface area contributed by atoms with E-state index >= 15 is 0 Å². The van der Waals surface area contributed by atoms with E-state index in [9.17, 15) is 0 Å². The molecule has 0 aromatic heterocycles. The lowest BCUT2D eigenvalue weighted by Crippen LogP contribution is -1.80. The Kier molecular flexibility index (Phi) is 5.95. The van der Waals surface area contributed by atoms with Crippen molar-refractivity contribution in [3.05, 3.63) is 65.2 Å². The summed E-state index contributed by atoms with van der Waals surface area (Å²) >= 11 is 1.89. The van der Waals surface area contributed by atoms with Gasteiger partial charge in [0.2, 0.25) is 0 Å². The molecule has 0 radical (unpaired) electrons. The highest BCUT2D eigenvalue weighted by molar-refractivity contribution is 7.99. The van der Waals surface area contributed by atoms with Gasteiger partial charge in [-0.05, 0) is 60.7 Å². The molecule has 104 valence electrons. The van der Waals surface area contributed by atoms with Crippen molar-refractivity contribution in [3.8, 4) is 17.9 Å². The molecule has 0 atom stereocenters. The van der Waals surface area contributed by atoms with Crippen LogP contribution in [0.1, 0.15) is 36.5 Å². The van der Waals surface area contributed by atoms with Crippen LogP contribution < -0.4 is 0 Å². The summed E-state index contributed by atoms with van der Waals surface area (Å²) in [6.45, 7) is 2.21. The zero-order valence-corrected chi connectivity index (χ0v) is 12.9. The fraction of sp³-hybridized carbons (Fsp3) is 0.211. The van der Waals surface area contributed by atoms with E-state index in [2.05, 4.69) is 49.1 Å². The third-order valence-electron chi connectivity index (χ3n) is 2.99. The van der Waals surface area contributed by atoms with Crippen LogP contribution in [-0.2, 0) is 0 Å². The van der Waals surface area contributed by atoms with E-state index in [4.69, 9.17) is 5.26 Å². The van der Waals surface area contributed by atoms with Crippen molar-refractivity contribution in [1.29, 1.82) is 5.26 Å². The molecule has 0 heterocycles. The van der Waals surface area contributed by atoms with Crippen LogP contribution in [0.4, 0.5) is 0 Å². The molecule has 2 rings (SSSR count). The van der Waals surface area contributed by atoms with E-state index < -0.39 is 0 Å². The fourth-order valence-electron chi connectivity index (χ4n) is 1.74. The Morgan fingerprint density at radius 3 is 1.90 bits per heavy atom. The first-order valence-corrected chi connectivity index (χ1v) is 8.05. The van der Waals surface area contributed by atoms with Gasteiger partial charge in [0, 0.05) is 16.0 Å². The Balaban J connectivity index is 2.00. The summed E-state index contributed by atoms with van der Waals surface area (Å²) in [5.41, 5.74) is 2.60. The number of nitrogens with zero attached hydrogens (tertiary/aromatic N) is 1. The predicted octanol–water partition coefficient (Wildman–Crippen LogP) is 4.85. The van der Waals surface area contributed by atoms with Crippen molar-refractivity contribution in [2.24, 2.45) is 0 Å². The van der Waals surface area contributed by atoms with Crippen LogP contribution >= 0.6 is 11.8 Å². The number of rotatable bonds is 4. The molecule has 0 saturated carbocycles. The van der Waals surface area contributed by atoms with Crippen molar-refractivity contribution in [1.82, 2.24) is 0 Å². The maximum atomic E-state index is 8.75. The van der Waals surface area contributed by atoms with E-state index in [0.717, 1.165) is 11.1 Å². The molecule has 0 unspecified atom stereocenters. The first-order chi connectivity index (χ1) is 10.3. The average molecular weight is 291 g/mol. The molecule has 0 aliphatic carbocycles. The van der Waals surface area contributed by atoms with Gasteiger partial charge < -0.3 is 0 Å². The van der Waals surface area contributed by atoms with Crippen LogP contribution in [0.25, 0.3) is 0 Å². The molecule has 2 heteroatoms. The molecule has 2 aromatic carbocycles. The third-order valence-corrected chi connectivity index (χ3v) is 4.08. The Morgan fingerprint density at radius 2 is 1.38 bits per heavy atom. The van der Waals surface area contributed by atoms with Gasteiger partial charge in [-0.25, -0.2) is 0 Å². The van der Waals surface area contributed by atoms with Crippen LogP contribution in [0.5, 0.6) is 0 Å². The van der Waals surface area contributed by atoms with E-state index in [0.29, 0.717) is 5.56 Å². The summed E-state index contributed by atoms with van der Waals surface area (Å²) in [7, 11) is 0. The smallest absolute Gasteiger partial charge is 0.0991 e. The van der Waals surface area contributed by atoms with Crippen molar-refractivity contribution < 1.29 is 0 Å². The van der Waals surface area contributed by atoms with Crippen LogP contribution in [-0.4, -0.2) is 5.75 Å². The van der Waals surface area contributed by atoms with E-state index in [1.807, 2.05) is 23.9 Å². The summed E-state index contributed by atoms with van der Waals surface area (Å²) in [4.78, 5) is 1.30. The Labute approximate surface area is 131 Å². The molecule has 0 saturated heterocycles. The van der Waals surface area contributed by atoms with Gasteiger partial charge in [-0.3, -0.25) is 0 Å². The molecule has 0 fully saturated rings. The number of nitriles is 1. The Morgan fingerprint density at radius 1 is 0.857 bits per heavy atom. The lowest BCUT2D eigenvalue weighted by atomic mass is 10.1. The Bertz CT molecular complexity index is 667. The predicted molar refractivity (Wildman–Crippen MR) is 89.2 cm³/mol. The second kappa shape index (κ2) is 8.20. The first-order valence-electron chi connectivity index (χ1n) is 7.07. The van der Waals surface area contributed by atoms with Crippen LogP contribution in [0.3, 0.4) is 0 Å². The minimum Gasteiger partial charge on any atom is -0.192 e. The molecule has 2 aromatic rings.